The van der Waals surface area contributed by atoms with Gasteiger partial charge in [0.15, 0.2) is 0 Å². The van der Waals surface area contributed by atoms with Crippen LogP contribution in [0, 0.1) is 0 Å². The summed E-state index contributed by atoms with van der Waals surface area (Å²) in [5.41, 5.74) is 0.906. The maximum Gasteiger partial charge on any atom is 0.357 e. The maximum absolute atomic E-state index is 12.2. The average molecular weight is 363 g/mol. The van der Waals surface area contributed by atoms with E-state index in [1.165, 1.54) is 6.07 Å². The number of halogens is 1. The van der Waals surface area contributed by atoms with E-state index in [1.54, 1.807) is 38.1 Å². The van der Waals surface area contributed by atoms with E-state index in [0.717, 1.165) is 4.47 Å². The number of nitrogens with zero attached hydrogens (tertiary/aromatic N) is 1. The molecule has 0 bridgehead atoms. The number of carbonyl (C=O) groups excluding carboxylic acids is 2. The zero-order valence-electron chi connectivity index (χ0n) is 12.2. The minimum atomic E-state index is -0.548. The van der Waals surface area contributed by atoms with E-state index >= 15 is 0 Å². The van der Waals surface area contributed by atoms with Gasteiger partial charge in [-0.05, 0) is 50.2 Å². The number of nitrogens with one attached hydrogen (secondary N) is 1. The molecule has 5 nitrogen and oxygen atoms in total. The number of amides is 1. The first kappa shape index (κ1) is 16.2. The molecular formula is C16H15BrN2O3. The third kappa shape index (κ3) is 4.39. The Labute approximate surface area is 136 Å². The summed E-state index contributed by atoms with van der Waals surface area (Å²) in [7, 11) is 0. The van der Waals surface area contributed by atoms with Gasteiger partial charge in [0.25, 0.3) is 5.91 Å². The Kier molecular flexibility index (Phi) is 5.27. The molecule has 1 aromatic carbocycles. The molecule has 6 heteroatoms. The van der Waals surface area contributed by atoms with Gasteiger partial charge in [-0.1, -0.05) is 22.0 Å². The number of ether oxygens (including phenoxy) is 1. The molecule has 0 aliphatic carbocycles. The molecule has 22 heavy (non-hydrogen) atoms. The van der Waals surface area contributed by atoms with Crippen molar-refractivity contribution in [2.45, 2.75) is 20.0 Å². The predicted molar refractivity (Wildman–Crippen MR) is 86.9 cm³/mol. The summed E-state index contributed by atoms with van der Waals surface area (Å²) in [5, 5.41) is 2.72. The standard InChI is InChI=1S/C16H15BrN2O3/c1-10(2)22-16(21)14-5-3-4-13(19-14)15(20)18-12-8-6-11(17)7-9-12/h3-10H,1-2H3,(H,18,20). The summed E-state index contributed by atoms with van der Waals surface area (Å²) in [6, 6.07) is 11.8. The third-order valence-corrected chi connectivity index (χ3v) is 3.16. The molecule has 0 fully saturated rings. The zero-order valence-corrected chi connectivity index (χ0v) is 13.8. The van der Waals surface area contributed by atoms with Crippen molar-refractivity contribution >= 4 is 33.5 Å². The summed E-state index contributed by atoms with van der Waals surface area (Å²) in [6.07, 6.45) is -0.241. The van der Waals surface area contributed by atoms with Gasteiger partial charge in [0.05, 0.1) is 6.10 Å². The molecule has 1 heterocycles. The molecule has 0 aliphatic heterocycles. The summed E-state index contributed by atoms with van der Waals surface area (Å²) < 4.78 is 5.98. The van der Waals surface area contributed by atoms with E-state index in [4.69, 9.17) is 4.74 Å². The summed E-state index contributed by atoms with van der Waals surface area (Å²) >= 11 is 3.33. The average Bonchev–Trinajstić information content (AvgIpc) is 2.49. The van der Waals surface area contributed by atoms with Crippen LogP contribution in [-0.2, 0) is 4.74 Å². The Bertz CT molecular complexity index is 684. The highest BCUT2D eigenvalue weighted by molar-refractivity contribution is 9.10. The number of hydrogen-bond donors (Lipinski definition) is 1. The third-order valence-electron chi connectivity index (χ3n) is 2.64. The minimum Gasteiger partial charge on any atom is -0.458 e. The van der Waals surface area contributed by atoms with Crippen LogP contribution in [0.1, 0.15) is 34.8 Å². The van der Waals surface area contributed by atoms with Crippen LogP contribution in [0.25, 0.3) is 0 Å². The highest BCUT2D eigenvalue weighted by atomic mass is 79.9. The quantitative estimate of drug-likeness (QED) is 0.842. The van der Waals surface area contributed by atoms with Crippen LogP contribution in [0.3, 0.4) is 0 Å². The van der Waals surface area contributed by atoms with Gasteiger partial charge in [-0.15, -0.1) is 0 Å². The Morgan fingerprint density at radius 1 is 1.09 bits per heavy atom. The summed E-state index contributed by atoms with van der Waals surface area (Å²) in [5.74, 6) is -0.935. The lowest BCUT2D eigenvalue weighted by molar-refractivity contribution is 0.0371. The molecule has 0 radical (unpaired) electrons. The highest BCUT2D eigenvalue weighted by Gasteiger charge is 2.14. The van der Waals surface area contributed by atoms with Crippen LogP contribution in [0.5, 0.6) is 0 Å². The van der Waals surface area contributed by atoms with Crippen molar-refractivity contribution in [1.82, 2.24) is 4.98 Å². The Balaban J connectivity index is 2.13. The molecule has 2 rings (SSSR count). The van der Waals surface area contributed by atoms with E-state index in [2.05, 4.69) is 26.2 Å². The van der Waals surface area contributed by atoms with Crippen molar-refractivity contribution in [3.63, 3.8) is 0 Å². The molecule has 1 N–H and O–H groups in total. The molecule has 0 spiro atoms. The first-order chi connectivity index (χ1) is 10.5. The predicted octanol–water partition coefficient (Wildman–Crippen LogP) is 3.66. The van der Waals surface area contributed by atoms with Crippen LogP contribution >= 0.6 is 15.9 Å². The number of carbonyl (C=O) groups is 2. The van der Waals surface area contributed by atoms with Crippen molar-refractivity contribution in [2.24, 2.45) is 0 Å². The second-order valence-corrected chi connectivity index (χ2v) is 5.74. The van der Waals surface area contributed by atoms with E-state index in [0.29, 0.717) is 5.69 Å². The van der Waals surface area contributed by atoms with E-state index in [9.17, 15) is 9.59 Å². The minimum absolute atomic E-state index is 0.108. The number of aromatic nitrogens is 1. The van der Waals surface area contributed by atoms with Crippen LogP contribution in [-0.4, -0.2) is 23.0 Å². The van der Waals surface area contributed by atoms with Crippen molar-refractivity contribution in [3.8, 4) is 0 Å². The SMILES string of the molecule is CC(C)OC(=O)c1cccc(C(=O)Nc2ccc(Br)cc2)n1. The second-order valence-electron chi connectivity index (χ2n) is 4.82. The molecule has 0 unspecified atom stereocenters. The monoisotopic (exact) mass is 362 g/mol. The van der Waals surface area contributed by atoms with Crippen molar-refractivity contribution in [1.29, 1.82) is 0 Å². The Morgan fingerprint density at radius 2 is 1.73 bits per heavy atom. The van der Waals surface area contributed by atoms with Crippen LogP contribution < -0.4 is 5.32 Å². The van der Waals surface area contributed by atoms with Gasteiger partial charge in [0, 0.05) is 10.2 Å². The molecule has 2 aromatic rings. The summed E-state index contributed by atoms with van der Waals surface area (Å²) in [6.45, 7) is 3.50. The number of pyridine rings is 1. The number of rotatable bonds is 4. The number of esters is 1. The van der Waals surface area contributed by atoms with Gasteiger partial charge in [0.2, 0.25) is 0 Å². The summed E-state index contributed by atoms with van der Waals surface area (Å²) in [4.78, 5) is 28.0. The lowest BCUT2D eigenvalue weighted by Crippen LogP contribution is -2.17. The molecule has 1 amide bonds. The van der Waals surface area contributed by atoms with Gasteiger partial charge in [-0.3, -0.25) is 4.79 Å². The Morgan fingerprint density at radius 3 is 2.36 bits per heavy atom. The number of benzene rings is 1. The zero-order chi connectivity index (χ0) is 16.1. The van der Waals surface area contributed by atoms with Crippen molar-refractivity contribution < 1.29 is 14.3 Å². The van der Waals surface area contributed by atoms with E-state index in [-0.39, 0.29) is 23.4 Å². The molecule has 0 saturated carbocycles. The number of hydrogen-bond acceptors (Lipinski definition) is 4. The maximum atomic E-state index is 12.2. The molecule has 0 aliphatic rings. The topological polar surface area (TPSA) is 68.3 Å². The molecule has 0 saturated heterocycles. The van der Waals surface area contributed by atoms with Gasteiger partial charge in [-0.25, -0.2) is 9.78 Å². The van der Waals surface area contributed by atoms with E-state index in [1.807, 2.05) is 12.1 Å². The fourth-order valence-corrected chi connectivity index (χ4v) is 1.94. The van der Waals surface area contributed by atoms with Crippen LogP contribution in [0.15, 0.2) is 46.9 Å². The highest BCUT2D eigenvalue weighted by Crippen LogP contribution is 2.15. The first-order valence-electron chi connectivity index (χ1n) is 6.70. The molecule has 0 atom stereocenters. The van der Waals surface area contributed by atoms with Crippen molar-refractivity contribution in [2.75, 3.05) is 5.32 Å². The van der Waals surface area contributed by atoms with Gasteiger partial charge in [-0.2, -0.15) is 0 Å². The first-order valence-corrected chi connectivity index (χ1v) is 7.50. The normalized spacial score (nSPS) is 10.4. The van der Waals surface area contributed by atoms with E-state index < -0.39 is 5.97 Å². The molecule has 114 valence electrons. The van der Waals surface area contributed by atoms with Crippen LogP contribution in [0.4, 0.5) is 5.69 Å². The second kappa shape index (κ2) is 7.17. The molecular weight excluding hydrogens is 348 g/mol. The van der Waals surface area contributed by atoms with Gasteiger partial charge >= 0.3 is 5.97 Å². The van der Waals surface area contributed by atoms with Crippen molar-refractivity contribution in [3.05, 3.63) is 58.3 Å². The fourth-order valence-electron chi connectivity index (χ4n) is 1.68. The van der Waals surface area contributed by atoms with Crippen LogP contribution in [0.2, 0.25) is 0 Å². The smallest absolute Gasteiger partial charge is 0.357 e. The Hall–Kier alpha value is -2.21. The van der Waals surface area contributed by atoms with Gasteiger partial charge < -0.3 is 10.1 Å². The lowest BCUT2D eigenvalue weighted by Gasteiger charge is -2.08. The fraction of sp³-hybridized carbons (Fsp3) is 0.188. The number of anilines is 1. The molecule has 1 aromatic heterocycles. The lowest BCUT2D eigenvalue weighted by atomic mass is 10.2. The largest absolute Gasteiger partial charge is 0.458 e. The van der Waals surface area contributed by atoms with Gasteiger partial charge in [0.1, 0.15) is 11.4 Å².